The van der Waals surface area contributed by atoms with Gasteiger partial charge >= 0.3 is 5.97 Å². The first kappa shape index (κ1) is 22.4. The van der Waals surface area contributed by atoms with Crippen molar-refractivity contribution in [1.82, 2.24) is 9.55 Å². The summed E-state index contributed by atoms with van der Waals surface area (Å²) in [7, 11) is 1.31. The molecule has 0 aliphatic carbocycles. The lowest BCUT2D eigenvalue weighted by atomic mass is 10.1. The summed E-state index contributed by atoms with van der Waals surface area (Å²) in [5.74, 6) is 4.52. The van der Waals surface area contributed by atoms with Crippen LogP contribution in [0.5, 0.6) is 0 Å². The van der Waals surface area contributed by atoms with Crippen molar-refractivity contribution in [3.8, 4) is 11.8 Å². The Hall–Kier alpha value is -4.77. The van der Waals surface area contributed by atoms with Crippen LogP contribution >= 0.6 is 0 Å². The number of rotatable bonds is 4. The van der Waals surface area contributed by atoms with E-state index < -0.39 is 23.3 Å². The maximum Gasteiger partial charge on any atom is 0.337 e. The number of carbonyl (C=O) groups excluding carboxylic acids is 2. The normalized spacial score (nSPS) is 10.3. The van der Waals surface area contributed by atoms with Gasteiger partial charge in [-0.15, -0.1) is 0 Å². The van der Waals surface area contributed by atoms with Crippen molar-refractivity contribution in [3.63, 3.8) is 0 Å². The zero-order chi connectivity index (χ0) is 24.1. The van der Waals surface area contributed by atoms with E-state index in [9.17, 15) is 18.8 Å². The van der Waals surface area contributed by atoms with Crippen LogP contribution in [0, 0.1) is 17.7 Å². The third-order valence-electron chi connectivity index (χ3n) is 4.88. The lowest BCUT2D eigenvalue weighted by Crippen LogP contribution is -2.28. The highest BCUT2D eigenvalue weighted by atomic mass is 19.1. The van der Waals surface area contributed by atoms with Gasteiger partial charge in [-0.25, -0.2) is 14.2 Å². The Morgan fingerprint density at radius 3 is 2.53 bits per heavy atom. The number of esters is 1. The van der Waals surface area contributed by atoms with Crippen LogP contribution in [0.2, 0.25) is 0 Å². The zero-order valence-electron chi connectivity index (χ0n) is 18.0. The van der Waals surface area contributed by atoms with Gasteiger partial charge in [0.05, 0.1) is 29.9 Å². The summed E-state index contributed by atoms with van der Waals surface area (Å²) < 4.78 is 19.3. The van der Waals surface area contributed by atoms with Gasteiger partial charge in [-0.3, -0.25) is 14.2 Å². The van der Waals surface area contributed by atoms with Gasteiger partial charge in [0.1, 0.15) is 12.4 Å². The van der Waals surface area contributed by atoms with Crippen LogP contribution in [0.3, 0.4) is 0 Å². The Bertz CT molecular complexity index is 1530. The minimum absolute atomic E-state index is 0.101. The molecule has 0 saturated heterocycles. The summed E-state index contributed by atoms with van der Waals surface area (Å²) in [6, 6.07) is 17.4. The highest BCUT2D eigenvalue weighted by Gasteiger charge is 2.10. The first-order valence-corrected chi connectivity index (χ1v) is 10.2. The van der Waals surface area contributed by atoms with Crippen LogP contribution in [-0.2, 0) is 16.1 Å². The quantitative estimate of drug-likeness (QED) is 0.377. The molecule has 7 nitrogen and oxygen atoms in total. The van der Waals surface area contributed by atoms with Gasteiger partial charge in [-0.2, -0.15) is 0 Å². The Balaban J connectivity index is 1.48. The van der Waals surface area contributed by atoms with Gasteiger partial charge in [-0.05, 0) is 54.6 Å². The van der Waals surface area contributed by atoms with E-state index in [1.165, 1.54) is 25.6 Å². The second kappa shape index (κ2) is 9.79. The lowest BCUT2D eigenvalue weighted by Gasteiger charge is -2.08. The molecule has 0 atom stereocenters. The van der Waals surface area contributed by atoms with Crippen molar-refractivity contribution < 1.29 is 18.7 Å². The molecule has 0 unspecified atom stereocenters. The van der Waals surface area contributed by atoms with Crippen molar-refractivity contribution in [3.05, 3.63) is 106 Å². The minimum atomic E-state index is -0.552. The highest BCUT2D eigenvalue weighted by Crippen LogP contribution is 2.12. The Kier molecular flexibility index (Phi) is 6.46. The summed E-state index contributed by atoms with van der Waals surface area (Å²) >= 11 is 0. The van der Waals surface area contributed by atoms with Crippen LogP contribution < -0.4 is 10.9 Å². The number of halogens is 1. The predicted molar refractivity (Wildman–Crippen MR) is 125 cm³/mol. The monoisotopic (exact) mass is 455 g/mol. The number of amides is 1. The maximum atomic E-state index is 13.5. The fraction of sp³-hybridized carbons (Fsp3) is 0.0769. The molecule has 4 aromatic rings. The number of carbonyl (C=O) groups is 2. The van der Waals surface area contributed by atoms with Crippen LogP contribution in [0.25, 0.3) is 10.9 Å². The fourth-order valence-electron chi connectivity index (χ4n) is 3.26. The van der Waals surface area contributed by atoms with E-state index in [2.05, 4.69) is 22.1 Å². The van der Waals surface area contributed by atoms with Crippen LogP contribution in [-0.4, -0.2) is 28.5 Å². The number of fused-ring (bicyclic) bond motifs is 1. The number of nitrogens with zero attached hydrogens (tertiary/aromatic N) is 2. The first-order valence-electron chi connectivity index (χ1n) is 10.2. The lowest BCUT2D eigenvalue weighted by molar-refractivity contribution is -0.116. The van der Waals surface area contributed by atoms with Gasteiger partial charge < -0.3 is 10.1 Å². The smallest absolute Gasteiger partial charge is 0.337 e. The number of aromatic nitrogens is 2. The summed E-state index contributed by atoms with van der Waals surface area (Å²) in [4.78, 5) is 40.8. The number of hydrogen-bond donors (Lipinski definition) is 1. The van der Waals surface area contributed by atoms with Crippen molar-refractivity contribution in [2.24, 2.45) is 0 Å². The average molecular weight is 455 g/mol. The van der Waals surface area contributed by atoms with Crippen molar-refractivity contribution in [2.45, 2.75) is 6.54 Å². The molecule has 1 amide bonds. The molecule has 34 heavy (non-hydrogen) atoms. The van der Waals surface area contributed by atoms with E-state index in [1.54, 1.807) is 48.5 Å². The molecule has 0 aliphatic heterocycles. The van der Waals surface area contributed by atoms with Gasteiger partial charge in [-0.1, -0.05) is 24.0 Å². The van der Waals surface area contributed by atoms with Gasteiger partial charge in [0.2, 0.25) is 5.91 Å². The largest absolute Gasteiger partial charge is 0.465 e. The molecule has 0 bridgehead atoms. The maximum absolute atomic E-state index is 13.5. The molecule has 0 fully saturated rings. The molecule has 0 spiro atoms. The Morgan fingerprint density at radius 1 is 1.03 bits per heavy atom. The van der Waals surface area contributed by atoms with E-state index in [1.807, 2.05) is 0 Å². The summed E-state index contributed by atoms with van der Waals surface area (Å²) in [6.45, 7) is -0.283. The van der Waals surface area contributed by atoms with E-state index >= 15 is 0 Å². The topological polar surface area (TPSA) is 90.3 Å². The molecule has 4 rings (SSSR count). The Morgan fingerprint density at radius 2 is 1.76 bits per heavy atom. The van der Waals surface area contributed by atoms with E-state index in [0.29, 0.717) is 27.9 Å². The van der Waals surface area contributed by atoms with Crippen molar-refractivity contribution >= 4 is 28.5 Å². The molecule has 168 valence electrons. The zero-order valence-corrected chi connectivity index (χ0v) is 18.0. The first-order chi connectivity index (χ1) is 16.4. The molecule has 0 radical (unpaired) electrons. The SMILES string of the molecule is COC(=O)c1cccc(C#Cc2cccc(NC(=O)Cn3cnc4ccc(F)cc4c3=O)c2)c1. The van der Waals surface area contributed by atoms with E-state index in [0.717, 1.165) is 10.6 Å². The molecular formula is C26H18FN3O4. The molecule has 8 heteroatoms. The third kappa shape index (κ3) is 5.16. The number of benzene rings is 3. The van der Waals surface area contributed by atoms with E-state index in [4.69, 9.17) is 4.74 Å². The third-order valence-corrected chi connectivity index (χ3v) is 4.88. The summed E-state index contributed by atoms with van der Waals surface area (Å²) in [6.07, 6.45) is 1.26. The highest BCUT2D eigenvalue weighted by molar-refractivity contribution is 5.91. The molecule has 0 aliphatic rings. The number of anilines is 1. The van der Waals surface area contributed by atoms with Crippen LogP contribution in [0.1, 0.15) is 21.5 Å². The Labute approximate surface area is 193 Å². The molecule has 1 N–H and O–H groups in total. The predicted octanol–water partition coefficient (Wildman–Crippen LogP) is 3.36. The number of methoxy groups -OCH3 is 1. The van der Waals surface area contributed by atoms with Gasteiger partial charge in [0.25, 0.3) is 5.56 Å². The van der Waals surface area contributed by atoms with Crippen LogP contribution in [0.4, 0.5) is 10.1 Å². The van der Waals surface area contributed by atoms with Crippen molar-refractivity contribution in [2.75, 3.05) is 12.4 Å². The fourth-order valence-corrected chi connectivity index (χ4v) is 3.26. The molecule has 3 aromatic carbocycles. The average Bonchev–Trinajstić information content (AvgIpc) is 2.84. The van der Waals surface area contributed by atoms with Crippen molar-refractivity contribution in [1.29, 1.82) is 0 Å². The number of nitrogens with one attached hydrogen (secondary N) is 1. The van der Waals surface area contributed by atoms with E-state index in [-0.39, 0.29) is 11.9 Å². The summed E-state index contributed by atoms with van der Waals surface area (Å²) in [5, 5.41) is 2.82. The molecule has 1 aromatic heterocycles. The number of ether oxygens (including phenoxy) is 1. The van der Waals surface area contributed by atoms with Crippen LogP contribution in [0.15, 0.2) is 77.9 Å². The molecular weight excluding hydrogens is 437 g/mol. The molecule has 0 saturated carbocycles. The van der Waals surface area contributed by atoms with Gasteiger partial charge in [0.15, 0.2) is 0 Å². The molecule has 1 heterocycles. The number of hydrogen-bond acceptors (Lipinski definition) is 5. The second-order valence-corrected chi connectivity index (χ2v) is 7.29. The minimum Gasteiger partial charge on any atom is -0.465 e. The summed E-state index contributed by atoms with van der Waals surface area (Å²) in [5.41, 5.74) is 2.02. The second-order valence-electron chi connectivity index (χ2n) is 7.29. The van der Waals surface area contributed by atoms with Gasteiger partial charge in [0, 0.05) is 16.8 Å². The standard InChI is InChI=1S/C26H18FN3O4/c1-34-26(33)19-6-2-4-17(12-19)8-9-18-5-3-7-21(13-18)29-24(31)15-30-16-28-23-11-10-20(27)14-22(23)25(30)32/h2-7,10-14,16H,15H2,1H3,(H,29,31).